The van der Waals surface area contributed by atoms with Crippen molar-refractivity contribution in [2.24, 2.45) is 5.73 Å². The third-order valence-corrected chi connectivity index (χ3v) is 4.04. The van der Waals surface area contributed by atoms with Crippen molar-refractivity contribution in [1.82, 2.24) is 5.32 Å². The van der Waals surface area contributed by atoms with E-state index in [4.69, 9.17) is 10.2 Å². The zero-order valence-electron chi connectivity index (χ0n) is 15.1. The maximum absolute atomic E-state index is 12.1. The number of nitrogens with one attached hydrogen (secondary N) is 2. The standard InChI is InChI=1S/C18H20F3N3O4/c1-10-8-15(25)28-14-9-11(5-6-12(10)14)24-16(26)13(22)4-2-3-7-23-17(27)18(19,20)21/h5-6,8-9,13H,2-4,7,22H2,1H3,(H,23,27)(H,24,26). The molecule has 1 heterocycles. The van der Waals surface area contributed by atoms with Gasteiger partial charge in [-0.05, 0) is 43.9 Å². The first-order valence-corrected chi connectivity index (χ1v) is 8.54. The van der Waals surface area contributed by atoms with Crippen LogP contribution in [0.15, 0.2) is 33.5 Å². The zero-order chi connectivity index (χ0) is 20.9. The van der Waals surface area contributed by atoms with Gasteiger partial charge >= 0.3 is 17.7 Å². The Bertz CT molecular complexity index is 924. The van der Waals surface area contributed by atoms with E-state index < -0.39 is 29.7 Å². The molecule has 10 heteroatoms. The molecule has 0 saturated carbocycles. The lowest BCUT2D eigenvalue weighted by Gasteiger charge is -2.13. The van der Waals surface area contributed by atoms with E-state index >= 15 is 0 Å². The Kier molecular flexibility index (Phi) is 6.79. The quantitative estimate of drug-likeness (QED) is 0.488. The first-order valence-electron chi connectivity index (χ1n) is 8.54. The lowest BCUT2D eigenvalue weighted by Crippen LogP contribution is -2.38. The fourth-order valence-corrected chi connectivity index (χ4v) is 2.56. The number of carbonyl (C=O) groups excluding carboxylic acids is 2. The summed E-state index contributed by atoms with van der Waals surface area (Å²) in [6, 6.07) is 5.36. The van der Waals surface area contributed by atoms with E-state index in [2.05, 4.69) is 5.32 Å². The molecule has 7 nitrogen and oxygen atoms in total. The molecule has 0 saturated heterocycles. The second-order valence-electron chi connectivity index (χ2n) is 6.30. The summed E-state index contributed by atoms with van der Waals surface area (Å²) < 4.78 is 41.2. The molecule has 0 radical (unpaired) electrons. The van der Waals surface area contributed by atoms with Crippen LogP contribution >= 0.6 is 0 Å². The fourth-order valence-electron chi connectivity index (χ4n) is 2.56. The summed E-state index contributed by atoms with van der Waals surface area (Å²) in [5, 5.41) is 5.10. The van der Waals surface area contributed by atoms with Crippen molar-refractivity contribution < 1.29 is 27.2 Å². The van der Waals surface area contributed by atoms with Gasteiger partial charge in [0.15, 0.2) is 0 Å². The van der Waals surface area contributed by atoms with Gasteiger partial charge in [-0.25, -0.2) is 4.79 Å². The van der Waals surface area contributed by atoms with Crippen LogP contribution in [0.4, 0.5) is 18.9 Å². The molecule has 1 unspecified atom stereocenters. The smallest absolute Gasteiger partial charge is 0.423 e. The van der Waals surface area contributed by atoms with Gasteiger partial charge in [-0.15, -0.1) is 0 Å². The third-order valence-electron chi connectivity index (χ3n) is 4.04. The van der Waals surface area contributed by atoms with Crippen molar-refractivity contribution in [1.29, 1.82) is 0 Å². The first-order chi connectivity index (χ1) is 13.1. The number of amides is 2. The number of nitrogens with two attached hydrogens (primary N) is 1. The highest BCUT2D eigenvalue weighted by atomic mass is 19.4. The molecule has 0 spiro atoms. The normalized spacial score (nSPS) is 12.6. The average Bonchev–Trinajstić information content (AvgIpc) is 2.59. The van der Waals surface area contributed by atoms with Crippen LogP contribution in [0.5, 0.6) is 0 Å². The largest absolute Gasteiger partial charge is 0.471 e. The van der Waals surface area contributed by atoms with E-state index in [1.54, 1.807) is 24.4 Å². The van der Waals surface area contributed by atoms with Gasteiger partial charge in [0.1, 0.15) is 5.58 Å². The molecule has 0 aliphatic heterocycles. The van der Waals surface area contributed by atoms with Gasteiger partial charge in [-0.1, -0.05) is 0 Å². The number of unbranched alkanes of at least 4 members (excludes halogenated alkanes) is 1. The Morgan fingerprint density at radius 3 is 2.61 bits per heavy atom. The molecule has 0 bridgehead atoms. The summed E-state index contributed by atoms with van der Waals surface area (Å²) >= 11 is 0. The van der Waals surface area contributed by atoms with Crippen molar-refractivity contribution in [2.75, 3.05) is 11.9 Å². The SMILES string of the molecule is Cc1cc(=O)oc2cc(NC(=O)C(N)CCCCNC(=O)C(F)(F)F)ccc12. The Morgan fingerprint density at radius 2 is 1.93 bits per heavy atom. The van der Waals surface area contributed by atoms with Gasteiger partial charge in [0.25, 0.3) is 0 Å². The van der Waals surface area contributed by atoms with Crippen LogP contribution in [0, 0.1) is 6.92 Å². The van der Waals surface area contributed by atoms with Gasteiger partial charge in [0.2, 0.25) is 5.91 Å². The van der Waals surface area contributed by atoms with E-state index in [9.17, 15) is 27.6 Å². The monoisotopic (exact) mass is 399 g/mol. The van der Waals surface area contributed by atoms with E-state index in [0.29, 0.717) is 17.7 Å². The van der Waals surface area contributed by atoms with Crippen LogP contribution < -0.4 is 22.0 Å². The molecule has 2 aromatic rings. The Labute approximate surface area is 158 Å². The number of fused-ring (bicyclic) bond motifs is 1. The van der Waals surface area contributed by atoms with E-state index in [1.807, 2.05) is 0 Å². The zero-order valence-corrected chi connectivity index (χ0v) is 15.1. The van der Waals surface area contributed by atoms with Crippen LogP contribution in [0.25, 0.3) is 11.0 Å². The molecule has 0 fully saturated rings. The maximum Gasteiger partial charge on any atom is 0.471 e. The van der Waals surface area contributed by atoms with E-state index in [0.717, 1.165) is 10.9 Å². The van der Waals surface area contributed by atoms with Crippen molar-refractivity contribution in [3.8, 4) is 0 Å². The average molecular weight is 399 g/mol. The van der Waals surface area contributed by atoms with Gasteiger partial charge in [-0.2, -0.15) is 13.2 Å². The van der Waals surface area contributed by atoms with Gasteiger partial charge < -0.3 is 20.8 Å². The minimum atomic E-state index is -4.91. The fraction of sp³-hybridized carbons (Fsp3) is 0.389. The molecule has 0 aliphatic carbocycles. The second-order valence-corrected chi connectivity index (χ2v) is 6.30. The summed E-state index contributed by atoms with van der Waals surface area (Å²) in [5.74, 6) is -2.47. The van der Waals surface area contributed by atoms with E-state index in [-0.39, 0.29) is 19.4 Å². The number of benzene rings is 1. The van der Waals surface area contributed by atoms with Crippen LogP contribution in [0.2, 0.25) is 0 Å². The van der Waals surface area contributed by atoms with Crippen molar-refractivity contribution in [2.45, 2.75) is 38.4 Å². The van der Waals surface area contributed by atoms with Gasteiger partial charge in [0, 0.05) is 29.8 Å². The van der Waals surface area contributed by atoms with E-state index in [1.165, 1.54) is 12.1 Å². The van der Waals surface area contributed by atoms with Gasteiger partial charge in [-0.3, -0.25) is 9.59 Å². The molecule has 28 heavy (non-hydrogen) atoms. The van der Waals surface area contributed by atoms with Gasteiger partial charge in [0.05, 0.1) is 6.04 Å². The summed E-state index contributed by atoms with van der Waals surface area (Å²) in [6.07, 6.45) is -4.06. The highest BCUT2D eigenvalue weighted by molar-refractivity contribution is 5.96. The lowest BCUT2D eigenvalue weighted by molar-refractivity contribution is -0.173. The molecule has 2 rings (SSSR count). The van der Waals surface area contributed by atoms with Crippen molar-refractivity contribution in [3.05, 3.63) is 40.2 Å². The Hall–Kier alpha value is -2.88. The summed E-state index contributed by atoms with van der Waals surface area (Å²) in [5.41, 5.74) is 6.77. The summed E-state index contributed by atoms with van der Waals surface area (Å²) in [6.45, 7) is 1.61. The number of anilines is 1. The topological polar surface area (TPSA) is 114 Å². The molecule has 4 N–H and O–H groups in total. The Morgan fingerprint density at radius 1 is 1.21 bits per heavy atom. The second kappa shape index (κ2) is 8.87. The molecule has 0 aliphatic rings. The first kappa shape index (κ1) is 21.4. The van der Waals surface area contributed by atoms with Crippen LogP contribution in [-0.2, 0) is 9.59 Å². The maximum atomic E-state index is 12.1. The number of hydrogen-bond acceptors (Lipinski definition) is 5. The van der Waals surface area contributed by atoms with Crippen molar-refractivity contribution in [3.63, 3.8) is 0 Å². The molecule has 2 amide bonds. The van der Waals surface area contributed by atoms with Crippen LogP contribution in [-0.4, -0.2) is 30.6 Å². The number of alkyl halides is 3. The number of rotatable bonds is 7. The molecule has 1 aromatic carbocycles. The minimum Gasteiger partial charge on any atom is -0.423 e. The van der Waals surface area contributed by atoms with Crippen LogP contribution in [0.3, 0.4) is 0 Å². The highest BCUT2D eigenvalue weighted by Crippen LogP contribution is 2.21. The number of carbonyl (C=O) groups is 2. The number of halogens is 3. The molecule has 1 aromatic heterocycles. The minimum absolute atomic E-state index is 0.157. The molecule has 152 valence electrons. The predicted octanol–water partition coefficient (Wildman–Crippen LogP) is 2.22. The molecule has 1 atom stereocenters. The molecular formula is C18H20F3N3O4. The Balaban J connectivity index is 1.83. The molecular weight excluding hydrogens is 379 g/mol. The lowest BCUT2D eigenvalue weighted by atomic mass is 10.1. The van der Waals surface area contributed by atoms with Crippen molar-refractivity contribution >= 4 is 28.5 Å². The number of aryl methyl sites for hydroxylation is 1. The summed E-state index contributed by atoms with van der Waals surface area (Å²) in [4.78, 5) is 34.2. The summed E-state index contributed by atoms with van der Waals surface area (Å²) in [7, 11) is 0. The predicted molar refractivity (Wildman–Crippen MR) is 96.7 cm³/mol. The third kappa shape index (κ3) is 5.81. The van der Waals surface area contributed by atoms with Crippen LogP contribution in [0.1, 0.15) is 24.8 Å². The highest BCUT2D eigenvalue weighted by Gasteiger charge is 2.38. The number of hydrogen-bond donors (Lipinski definition) is 3.